The van der Waals surface area contributed by atoms with E-state index >= 15 is 0 Å². The van der Waals surface area contributed by atoms with E-state index in [2.05, 4.69) is 17.6 Å². The van der Waals surface area contributed by atoms with E-state index in [0.717, 1.165) is 25.7 Å². The van der Waals surface area contributed by atoms with Crippen molar-refractivity contribution in [2.24, 2.45) is 11.8 Å². The second-order valence-electron chi connectivity index (χ2n) is 5.39. The van der Waals surface area contributed by atoms with Gasteiger partial charge in [0.1, 0.15) is 0 Å². The monoisotopic (exact) mass is 282 g/mol. The maximum atomic E-state index is 11.4. The number of hydrogen-bond donors (Lipinski definition) is 2. The maximum absolute atomic E-state index is 11.4. The Bertz CT molecular complexity index is 487. The molecule has 2 atom stereocenters. The molecule has 106 valence electrons. The highest BCUT2D eigenvalue weighted by atomic mass is 32.2. The third-order valence-corrected chi connectivity index (χ3v) is 5.64. The fourth-order valence-corrected chi connectivity index (χ4v) is 4.60. The van der Waals surface area contributed by atoms with Crippen LogP contribution in [-0.2, 0) is 16.3 Å². The molecular formula is C14H22N2O2S. The van der Waals surface area contributed by atoms with Crippen molar-refractivity contribution in [2.45, 2.75) is 31.7 Å². The minimum Gasteiger partial charge on any atom is -0.271 e. The van der Waals surface area contributed by atoms with Gasteiger partial charge in [-0.2, -0.15) is 0 Å². The van der Waals surface area contributed by atoms with E-state index in [1.165, 1.54) is 5.56 Å². The van der Waals surface area contributed by atoms with E-state index < -0.39 is 9.84 Å². The summed E-state index contributed by atoms with van der Waals surface area (Å²) < 4.78 is 22.9. The molecule has 1 aliphatic rings. The van der Waals surface area contributed by atoms with Crippen LogP contribution in [0.25, 0.3) is 0 Å². The number of hydrogen-bond acceptors (Lipinski definition) is 4. The number of hydrazine groups is 1. The van der Waals surface area contributed by atoms with Crippen LogP contribution in [0, 0.1) is 5.92 Å². The van der Waals surface area contributed by atoms with Gasteiger partial charge < -0.3 is 0 Å². The summed E-state index contributed by atoms with van der Waals surface area (Å²) in [7, 11) is -2.79. The van der Waals surface area contributed by atoms with Crippen molar-refractivity contribution >= 4 is 9.84 Å². The number of nitrogens with two attached hydrogens (primary N) is 1. The van der Waals surface area contributed by atoms with Crippen LogP contribution in [0.3, 0.4) is 0 Å². The SMILES string of the molecule is NNC(CCc1ccccc1)CC1CCS(=O)(=O)C1. The topological polar surface area (TPSA) is 72.2 Å². The van der Waals surface area contributed by atoms with Crippen LogP contribution >= 0.6 is 0 Å². The minimum absolute atomic E-state index is 0.193. The van der Waals surface area contributed by atoms with Crippen LogP contribution in [0.5, 0.6) is 0 Å². The first-order valence-corrected chi connectivity index (χ1v) is 8.61. The van der Waals surface area contributed by atoms with Crippen molar-refractivity contribution in [2.75, 3.05) is 11.5 Å². The predicted octanol–water partition coefficient (Wildman–Crippen LogP) is 1.28. The number of sulfone groups is 1. The van der Waals surface area contributed by atoms with Gasteiger partial charge in [-0.15, -0.1) is 0 Å². The lowest BCUT2D eigenvalue weighted by Gasteiger charge is -2.19. The quantitative estimate of drug-likeness (QED) is 0.609. The molecule has 2 rings (SSSR count). The maximum Gasteiger partial charge on any atom is 0.150 e. The molecule has 0 saturated carbocycles. The van der Waals surface area contributed by atoms with Crippen LogP contribution in [0.1, 0.15) is 24.8 Å². The van der Waals surface area contributed by atoms with Crippen LogP contribution in [0.4, 0.5) is 0 Å². The smallest absolute Gasteiger partial charge is 0.150 e. The summed E-state index contributed by atoms with van der Waals surface area (Å²) in [6, 6.07) is 10.5. The van der Waals surface area contributed by atoms with Gasteiger partial charge in [-0.05, 0) is 37.2 Å². The molecule has 1 heterocycles. The van der Waals surface area contributed by atoms with Crippen molar-refractivity contribution < 1.29 is 8.42 Å². The average molecular weight is 282 g/mol. The molecule has 0 spiro atoms. The molecule has 3 N–H and O–H groups in total. The van der Waals surface area contributed by atoms with Crippen LogP contribution in [0.15, 0.2) is 30.3 Å². The van der Waals surface area contributed by atoms with Gasteiger partial charge in [0.05, 0.1) is 11.5 Å². The number of aryl methyl sites for hydroxylation is 1. The van der Waals surface area contributed by atoms with Gasteiger partial charge in [-0.1, -0.05) is 30.3 Å². The highest BCUT2D eigenvalue weighted by molar-refractivity contribution is 7.91. The molecule has 0 radical (unpaired) electrons. The van der Waals surface area contributed by atoms with E-state index in [1.54, 1.807) is 0 Å². The Labute approximate surface area is 115 Å². The second-order valence-corrected chi connectivity index (χ2v) is 7.62. The molecular weight excluding hydrogens is 260 g/mol. The van der Waals surface area contributed by atoms with E-state index in [0.29, 0.717) is 11.5 Å². The number of rotatable bonds is 6. The van der Waals surface area contributed by atoms with Gasteiger partial charge in [0.25, 0.3) is 0 Å². The molecule has 1 aromatic carbocycles. The van der Waals surface area contributed by atoms with Crippen molar-refractivity contribution in [1.82, 2.24) is 5.43 Å². The third kappa shape index (κ3) is 4.60. The van der Waals surface area contributed by atoms with E-state index in [4.69, 9.17) is 5.84 Å². The van der Waals surface area contributed by atoms with Crippen LogP contribution < -0.4 is 11.3 Å². The number of benzene rings is 1. The summed E-state index contributed by atoms with van der Waals surface area (Å²) in [5.74, 6) is 6.52. The van der Waals surface area contributed by atoms with Crippen LogP contribution in [-0.4, -0.2) is 26.0 Å². The number of nitrogens with one attached hydrogen (secondary N) is 1. The minimum atomic E-state index is -2.79. The van der Waals surface area contributed by atoms with Crippen molar-refractivity contribution in [3.63, 3.8) is 0 Å². The van der Waals surface area contributed by atoms with Gasteiger partial charge in [0, 0.05) is 6.04 Å². The zero-order valence-electron chi connectivity index (χ0n) is 11.1. The third-order valence-electron chi connectivity index (χ3n) is 3.80. The first-order valence-electron chi connectivity index (χ1n) is 6.79. The highest BCUT2D eigenvalue weighted by Crippen LogP contribution is 2.24. The lowest BCUT2D eigenvalue weighted by molar-refractivity contribution is 0.392. The molecule has 1 saturated heterocycles. The van der Waals surface area contributed by atoms with E-state index in [9.17, 15) is 8.42 Å². The fourth-order valence-electron chi connectivity index (χ4n) is 2.72. The molecule has 5 heteroatoms. The summed E-state index contributed by atoms with van der Waals surface area (Å²) in [5, 5.41) is 0. The average Bonchev–Trinajstić information content (AvgIpc) is 2.75. The summed E-state index contributed by atoms with van der Waals surface area (Å²) in [4.78, 5) is 0. The standard InChI is InChI=1S/C14H22N2O2S/c15-16-14(7-6-12-4-2-1-3-5-12)10-13-8-9-19(17,18)11-13/h1-5,13-14,16H,6-11,15H2. The second kappa shape index (κ2) is 6.50. The first-order chi connectivity index (χ1) is 9.09. The zero-order chi connectivity index (χ0) is 13.7. The molecule has 0 bridgehead atoms. The lowest BCUT2D eigenvalue weighted by Crippen LogP contribution is -2.37. The Hall–Kier alpha value is -0.910. The van der Waals surface area contributed by atoms with Crippen LogP contribution in [0.2, 0.25) is 0 Å². The van der Waals surface area contributed by atoms with Gasteiger partial charge >= 0.3 is 0 Å². The summed E-state index contributed by atoms with van der Waals surface area (Å²) in [6.07, 6.45) is 3.54. The summed E-state index contributed by atoms with van der Waals surface area (Å²) in [5.41, 5.74) is 4.13. The molecule has 0 aromatic heterocycles. The molecule has 1 aliphatic heterocycles. The molecule has 2 unspecified atom stereocenters. The van der Waals surface area contributed by atoms with Gasteiger partial charge in [0.15, 0.2) is 9.84 Å². The lowest BCUT2D eigenvalue weighted by atomic mass is 9.95. The summed E-state index contributed by atoms with van der Waals surface area (Å²) >= 11 is 0. The van der Waals surface area contributed by atoms with Crippen molar-refractivity contribution in [1.29, 1.82) is 0 Å². The Morgan fingerprint density at radius 3 is 2.63 bits per heavy atom. The molecule has 4 nitrogen and oxygen atoms in total. The zero-order valence-corrected chi connectivity index (χ0v) is 11.9. The Morgan fingerprint density at radius 1 is 1.32 bits per heavy atom. The Morgan fingerprint density at radius 2 is 2.05 bits per heavy atom. The highest BCUT2D eigenvalue weighted by Gasteiger charge is 2.29. The van der Waals surface area contributed by atoms with E-state index in [1.807, 2.05) is 18.2 Å². The molecule has 1 fully saturated rings. The summed E-state index contributed by atoms with van der Waals surface area (Å²) in [6.45, 7) is 0. The van der Waals surface area contributed by atoms with Crippen molar-refractivity contribution in [3.05, 3.63) is 35.9 Å². The predicted molar refractivity (Wildman–Crippen MR) is 77.3 cm³/mol. The van der Waals surface area contributed by atoms with E-state index in [-0.39, 0.29) is 12.0 Å². The first kappa shape index (κ1) is 14.5. The van der Waals surface area contributed by atoms with Crippen molar-refractivity contribution in [3.8, 4) is 0 Å². The molecule has 19 heavy (non-hydrogen) atoms. The Kier molecular flexibility index (Phi) is 4.96. The molecule has 0 amide bonds. The molecule has 1 aromatic rings. The molecule has 0 aliphatic carbocycles. The van der Waals surface area contributed by atoms with Gasteiger partial charge in [0.2, 0.25) is 0 Å². The van der Waals surface area contributed by atoms with Gasteiger partial charge in [-0.3, -0.25) is 11.3 Å². The Balaban J connectivity index is 1.81. The fraction of sp³-hybridized carbons (Fsp3) is 0.571. The normalized spacial score (nSPS) is 23.3. The largest absolute Gasteiger partial charge is 0.271 e. The van der Waals surface area contributed by atoms with Gasteiger partial charge in [-0.25, -0.2) is 8.42 Å².